The van der Waals surface area contributed by atoms with E-state index in [-0.39, 0.29) is 11.6 Å². The van der Waals surface area contributed by atoms with Gasteiger partial charge < -0.3 is 10.6 Å². The molecule has 24 heavy (non-hydrogen) atoms. The third-order valence-corrected chi connectivity index (χ3v) is 3.37. The monoisotopic (exact) mass is 322 g/mol. The van der Waals surface area contributed by atoms with E-state index in [4.69, 9.17) is 5.26 Å². The molecule has 0 aliphatic heterocycles. The summed E-state index contributed by atoms with van der Waals surface area (Å²) < 4.78 is 0. The Morgan fingerprint density at radius 2 is 2.00 bits per heavy atom. The van der Waals surface area contributed by atoms with E-state index in [0.717, 1.165) is 12.8 Å². The fraction of sp³-hybridized carbons (Fsp3) is 0.222. The molecule has 1 heterocycles. The predicted octanol–water partition coefficient (Wildman–Crippen LogP) is 2.74. The summed E-state index contributed by atoms with van der Waals surface area (Å²) in [5.41, 5.74) is 1.29. The van der Waals surface area contributed by atoms with Gasteiger partial charge in [0.25, 0.3) is 11.8 Å². The Labute approximate surface area is 140 Å². The van der Waals surface area contributed by atoms with Crippen LogP contribution in [-0.2, 0) is 0 Å². The molecule has 2 rings (SSSR count). The number of carbonyl (C=O) groups excluding carboxylic acids is 2. The van der Waals surface area contributed by atoms with Crippen LogP contribution in [0.1, 0.15) is 46.2 Å². The zero-order valence-corrected chi connectivity index (χ0v) is 13.4. The van der Waals surface area contributed by atoms with Crippen molar-refractivity contribution in [2.24, 2.45) is 0 Å². The summed E-state index contributed by atoms with van der Waals surface area (Å²) in [5.74, 6) is -0.710. The number of aromatic nitrogens is 1. The number of pyridine rings is 1. The number of para-hydroxylation sites is 1. The Morgan fingerprint density at radius 1 is 1.21 bits per heavy atom. The van der Waals surface area contributed by atoms with Crippen molar-refractivity contribution < 1.29 is 9.59 Å². The lowest BCUT2D eigenvalue weighted by atomic mass is 10.1. The molecule has 0 saturated heterocycles. The number of nitrogens with one attached hydrogen (secondary N) is 2. The van der Waals surface area contributed by atoms with E-state index in [1.807, 2.05) is 13.0 Å². The van der Waals surface area contributed by atoms with Gasteiger partial charge in [-0.05, 0) is 30.7 Å². The van der Waals surface area contributed by atoms with Crippen LogP contribution in [0.3, 0.4) is 0 Å². The van der Waals surface area contributed by atoms with Crippen LogP contribution in [-0.4, -0.2) is 23.3 Å². The molecule has 0 fully saturated rings. The highest BCUT2D eigenvalue weighted by atomic mass is 16.2. The van der Waals surface area contributed by atoms with Gasteiger partial charge in [0.2, 0.25) is 0 Å². The fourth-order valence-corrected chi connectivity index (χ4v) is 2.05. The molecule has 6 heteroatoms. The molecule has 0 atom stereocenters. The number of hydrogen-bond donors (Lipinski definition) is 2. The molecule has 2 N–H and O–H groups in total. The van der Waals surface area contributed by atoms with Gasteiger partial charge in [-0.1, -0.05) is 25.5 Å². The SMILES string of the molecule is CCCCNC(=O)c1cc(C(=O)Nc2ccccc2C#N)ccn1. The summed E-state index contributed by atoms with van der Waals surface area (Å²) in [4.78, 5) is 28.3. The van der Waals surface area contributed by atoms with Gasteiger partial charge >= 0.3 is 0 Å². The van der Waals surface area contributed by atoms with Crippen LogP contribution in [0.15, 0.2) is 42.6 Å². The summed E-state index contributed by atoms with van der Waals surface area (Å²) in [6.07, 6.45) is 3.28. The number of benzene rings is 1. The number of nitriles is 1. The van der Waals surface area contributed by atoms with Crippen molar-refractivity contribution in [3.8, 4) is 6.07 Å². The molecule has 1 aromatic carbocycles. The Morgan fingerprint density at radius 3 is 2.75 bits per heavy atom. The predicted molar refractivity (Wildman–Crippen MR) is 90.6 cm³/mol. The molecule has 0 aliphatic rings. The van der Waals surface area contributed by atoms with Crippen LogP contribution < -0.4 is 10.6 Å². The van der Waals surface area contributed by atoms with E-state index >= 15 is 0 Å². The van der Waals surface area contributed by atoms with Crippen molar-refractivity contribution in [2.45, 2.75) is 19.8 Å². The largest absolute Gasteiger partial charge is 0.351 e. The van der Waals surface area contributed by atoms with Gasteiger partial charge in [-0.25, -0.2) is 0 Å². The summed E-state index contributed by atoms with van der Waals surface area (Å²) in [6, 6.07) is 11.7. The smallest absolute Gasteiger partial charge is 0.269 e. The van der Waals surface area contributed by atoms with E-state index in [0.29, 0.717) is 23.4 Å². The second kappa shape index (κ2) is 8.44. The Bertz CT molecular complexity index is 781. The zero-order chi connectivity index (χ0) is 17.4. The van der Waals surface area contributed by atoms with Gasteiger partial charge in [0, 0.05) is 18.3 Å². The van der Waals surface area contributed by atoms with Crippen LogP contribution >= 0.6 is 0 Å². The van der Waals surface area contributed by atoms with Crippen molar-refractivity contribution >= 4 is 17.5 Å². The van der Waals surface area contributed by atoms with Crippen molar-refractivity contribution in [1.82, 2.24) is 10.3 Å². The molecule has 2 aromatic rings. The maximum absolute atomic E-state index is 12.3. The molecule has 2 amide bonds. The molecule has 6 nitrogen and oxygen atoms in total. The Balaban J connectivity index is 2.12. The van der Waals surface area contributed by atoms with Crippen molar-refractivity contribution in [3.05, 3.63) is 59.4 Å². The standard InChI is InChI=1S/C18H18N4O2/c1-2-3-9-21-18(24)16-11-13(8-10-20-16)17(23)22-15-7-5-4-6-14(15)12-19/h4-8,10-11H,2-3,9H2,1H3,(H,21,24)(H,22,23). The third-order valence-electron chi connectivity index (χ3n) is 3.37. The van der Waals surface area contributed by atoms with E-state index in [2.05, 4.69) is 15.6 Å². The maximum Gasteiger partial charge on any atom is 0.269 e. The highest BCUT2D eigenvalue weighted by Gasteiger charge is 2.13. The van der Waals surface area contributed by atoms with Gasteiger partial charge in [-0.2, -0.15) is 5.26 Å². The minimum Gasteiger partial charge on any atom is -0.351 e. The molecular weight excluding hydrogens is 304 g/mol. The van der Waals surface area contributed by atoms with Gasteiger partial charge in [-0.15, -0.1) is 0 Å². The molecule has 122 valence electrons. The molecular formula is C18H18N4O2. The normalized spacial score (nSPS) is 9.83. The first kappa shape index (κ1) is 17.2. The molecule has 1 aromatic heterocycles. The first-order valence-corrected chi connectivity index (χ1v) is 7.70. The number of unbranched alkanes of at least 4 members (excludes halogenated alkanes) is 1. The summed E-state index contributed by atoms with van der Waals surface area (Å²) >= 11 is 0. The first-order chi connectivity index (χ1) is 11.7. The third kappa shape index (κ3) is 4.40. The zero-order valence-electron chi connectivity index (χ0n) is 13.4. The highest BCUT2D eigenvalue weighted by molar-refractivity contribution is 6.06. The van der Waals surface area contributed by atoms with E-state index in [1.54, 1.807) is 24.3 Å². The topological polar surface area (TPSA) is 94.9 Å². The van der Waals surface area contributed by atoms with Crippen molar-refractivity contribution in [1.29, 1.82) is 5.26 Å². The maximum atomic E-state index is 12.3. The summed E-state index contributed by atoms with van der Waals surface area (Å²) in [6.45, 7) is 2.61. The second-order valence-corrected chi connectivity index (χ2v) is 5.15. The first-order valence-electron chi connectivity index (χ1n) is 7.70. The number of rotatable bonds is 6. The fourth-order valence-electron chi connectivity index (χ4n) is 2.05. The summed E-state index contributed by atoms with van der Waals surface area (Å²) in [5, 5.41) is 14.5. The average Bonchev–Trinajstić information content (AvgIpc) is 2.62. The highest BCUT2D eigenvalue weighted by Crippen LogP contribution is 2.15. The van der Waals surface area contributed by atoms with Crippen LogP contribution in [0.5, 0.6) is 0 Å². The summed E-state index contributed by atoms with van der Waals surface area (Å²) in [7, 11) is 0. The van der Waals surface area contributed by atoms with E-state index in [9.17, 15) is 9.59 Å². The molecule has 0 saturated carbocycles. The number of anilines is 1. The van der Waals surface area contributed by atoms with E-state index < -0.39 is 5.91 Å². The average molecular weight is 322 g/mol. The number of carbonyl (C=O) groups is 2. The number of hydrogen-bond acceptors (Lipinski definition) is 4. The van der Waals surface area contributed by atoms with Crippen LogP contribution in [0.25, 0.3) is 0 Å². The Hall–Kier alpha value is -3.20. The van der Waals surface area contributed by atoms with Crippen molar-refractivity contribution in [3.63, 3.8) is 0 Å². The van der Waals surface area contributed by atoms with Crippen molar-refractivity contribution in [2.75, 3.05) is 11.9 Å². The van der Waals surface area contributed by atoms with Gasteiger partial charge in [-0.3, -0.25) is 14.6 Å². The number of nitrogens with zero attached hydrogens (tertiary/aromatic N) is 2. The minimum absolute atomic E-state index is 0.187. The van der Waals surface area contributed by atoms with Crippen LogP contribution in [0.2, 0.25) is 0 Å². The van der Waals surface area contributed by atoms with E-state index in [1.165, 1.54) is 18.3 Å². The molecule has 0 spiro atoms. The molecule has 0 aliphatic carbocycles. The molecule has 0 radical (unpaired) electrons. The Kier molecular flexibility index (Phi) is 6.03. The van der Waals surface area contributed by atoms with Gasteiger partial charge in [0.05, 0.1) is 11.3 Å². The lowest BCUT2D eigenvalue weighted by Crippen LogP contribution is -2.25. The minimum atomic E-state index is -0.400. The quantitative estimate of drug-likeness (QED) is 0.799. The van der Waals surface area contributed by atoms with Crippen LogP contribution in [0, 0.1) is 11.3 Å². The number of amides is 2. The van der Waals surface area contributed by atoms with Gasteiger partial charge in [0.15, 0.2) is 0 Å². The van der Waals surface area contributed by atoms with Crippen LogP contribution in [0.4, 0.5) is 5.69 Å². The second-order valence-electron chi connectivity index (χ2n) is 5.15. The molecule has 0 unspecified atom stereocenters. The lowest BCUT2D eigenvalue weighted by Gasteiger charge is -2.08. The molecule has 0 bridgehead atoms. The van der Waals surface area contributed by atoms with Gasteiger partial charge in [0.1, 0.15) is 11.8 Å². The lowest BCUT2D eigenvalue weighted by molar-refractivity contribution is 0.0948.